The van der Waals surface area contributed by atoms with E-state index in [0.29, 0.717) is 0 Å². The van der Waals surface area contributed by atoms with Crippen molar-refractivity contribution in [1.82, 2.24) is 10.3 Å². The van der Waals surface area contributed by atoms with Crippen LogP contribution < -0.4 is 16.0 Å². The van der Waals surface area contributed by atoms with Crippen molar-refractivity contribution in [3.63, 3.8) is 0 Å². The number of anilines is 1. The first-order chi connectivity index (χ1) is 9.67. The minimum Gasteiger partial charge on any atom is -0.368 e. The highest BCUT2D eigenvalue weighted by molar-refractivity contribution is 5.79. The van der Waals surface area contributed by atoms with E-state index in [9.17, 15) is 4.79 Å². The van der Waals surface area contributed by atoms with Crippen molar-refractivity contribution < 1.29 is 4.79 Å². The van der Waals surface area contributed by atoms with Crippen molar-refractivity contribution in [2.75, 3.05) is 24.5 Å². The minimum atomic E-state index is -0.323. The topological polar surface area (TPSA) is 71.2 Å². The summed E-state index contributed by atoms with van der Waals surface area (Å²) in [7, 11) is 0. The van der Waals surface area contributed by atoms with Gasteiger partial charge in [-0.1, -0.05) is 26.3 Å². The molecule has 0 unspecified atom stereocenters. The number of hydrogen-bond donors (Lipinski definition) is 2. The maximum atomic E-state index is 11.1. The standard InChI is InChI=1S/C15H26N4O/c1-3-5-9-19(12-14(16)20)15-7-6-13(11-18-15)10-17-8-4-2/h6-7,11,17H,3-5,8-10,12H2,1-2H3,(H2,16,20). The summed E-state index contributed by atoms with van der Waals surface area (Å²) in [6.45, 7) is 7.13. The van der Waals surface area contributed by atoms with E-state index < -0.39 is 0 Å². The number of nitrogens with zero attached hydrogens (tertiary/aromatic N) is 2. The van der Waals surface area contributed by atoms with E-state index in [1.54, 1.807) is 0 Å². The summed E-state index contributed by atoms with van der Waals surface area (Å²) in [6.07, 6.45) is 5.08. The van der Waals surface area contributed by atoms with Gasteiger partial charge >= 0.3 is 0 Å². The molecule has 1 aromatic heterocycles. The monoisotopic (exact) mass is 278 g/mol. The molecule has 0 radical (unpaired) electrons. The fourth-order valence-electron chi connectivity index (χ4n) is 1.93. The van der Waals surface area contributed by atoms with Crippen molar-refractivity contribution in [2.45, 2.75) is 39.7 Å². The Morgan fingerprint density at radius 1 is 1.35 bits per heavy atom. The molecule has 0 fully saturated rings. The normalized spacial score (nSPS) is 10.5. The second-order valence-corrected chi connectivity index (χ2v) is 4.94. The summed E-state index contributed by atoms with van der Waals surface area (Å²) in [4.78, 5) is 17.5. The van der Waals surface area contributed by atoms with Gasteiger partial charge in [0.05, 0.1) is 6.54 Å². The van der Waals surface area contributed by atoms with Gasteiger partial charge in [-0.25, -0.2) is 4.98 Å². The van der Waals surface area contributed by atoms with Crippen LogP contribution in [0.25, 0.3) is 0 Å². The minimum absolute atomic E-state index is 0.223. The third-order valence-electron chi connectivity index (χ3n) is 3.02. The van der Waals surface area contributed by atoms with E-state index in [1.807, 2.05) is 23.2 Å². The predicted octanol–water partition coefficient (Wildman–Crippen LogP) is 1.67. The van der Waals surface area contributed by atoms with Crippen LogP contribution in [-0.4, -0.2) is 30.5 Å². The first kappa shape index (κ1) is 16.4. The molecule has 1 rings (SSSR count). The molecular weight excluding hydrogens is 252 g/mol. The van der Waals surface area contributed by atoms with Gasteiger partial charge in [0.2, 0.25) is 5.91 Å². The SMILES string of the molecule is CCCCN(CC(N)=O)c1ccc(CNCCC)cn1. The largest absolute Gasteiger partial charge is 0.368 e. The number of aromatic nitrogens is 1. The van der Waals surface area contributed by atoms with Crippen LogP contribution in [0.15, 0.2) is 18.3 Å². The highest BCUT2D eigenvalue weighted by Crippen LogP contribution is 2.12. The summed E-state index contributed by atoms with van der Waals surface area (Å²) in [5.74, 6) is 0.494. The Morgan fingerprint density at radius 3 is 2.70 bits per heavy atom. The molecule has 3 N–H and O–H groups in total. The number of nitrogens with one attached hydrogen (secondary N) is 1. The molecule has 1 amide bonds. The average molecular weight is 278 g/mol. The van der Waals surface area contributed by atoms with E-state index in [1.165, 1.54) is 0 Å². The number of carbonyl (C=O) groups is 1. The Kier molecular flexibility index (Phi) is 7.65. The molecule has 5 heteroatoms. The third-order valence-corrected chi connectivity index (χ3v) is 3.02. The van der Waals surface area contributed by atoms with E-state index in [4.69, 9.17) is 5.73 Å². The first-order valence-corrected chi connectivity index (χ1v) is 7.36. The third kappa shape index (κ3) is 6.02. The van der Waals surface area contributed by atoms with Crippen LogP contribution in [-0.2, 0) is 11.3 Å². The van der Waals surface area contributed by atoms with E-state index in [0.717, 1.165) is 50.3 Å². The van der Waals surface area contributed by atoms with Gasteiger partial charge in [0.15, 0.2) is 0 Å². The van der Waals surface area contributed by atoms with Gasteiger partial charge in [-0.15, -0.1) is 0 Å². The van der Waals surface area contributed by atoms with Gasteiger partial charge in [-0.2, -0.15) is 0 Å². The first-order valence-electron chi connectivity index (χ1n) is 7.36. The molecule has 0 spiro atoms. The highest BCUT2D eigenvalue weighted by Gasteiger charge is 2.10. The number of carbonyl (C=O) groups excluding carboxylic acids is 1. The van der Waals surface area contributed by atoms with Gasteiger partial charge in [0.25, 0.3) is 0 Å². The smallest absolute Gasteiger partial charge is 0.236 e. The summed E-state index contributed by atoms with van der Waals surface area (Å²) in [6, 6.07) is 4.01. The number of rotatable bonds is 10. The molecule has 0 saturated heterocycles. The molecule has 1 heterocycles. The molecule has 0 aliphatic heterocycles. The van der Waals surface area contributed by atoms with Crippen LogP contribution in [0.1, 0.15) is 38.7 Å². The lowest BCUT2D eigenvalue weighted by Crippen LogP contribution is -2.35. The number of unbranched alkanes of at least 4 members (excludes halogenated alkanes) is 1. The fraction of sp³-hybridized carbons (Fsp3) is 0.600. The van der Waals surface area contributed by atoms with Crippen LogP contribution in [0.4, 0.5) is 5.82 Å². The Morgan fingerprint density at radius 2 is 2.15 bits per heavy atom. The zero-order chi connectivity index (χ0) is 14.8. The molecule has 0 atom stereocenters. The Labute approximate surface area is 121 Å². The van der Waals surface area contributed by atoms with Crippen molar-refractivity contribution in [3.05, 3.63) is 23.9 Å². The molecule has 20 heavy (non-hydrogen) atoms. The Hall–Kier alpha value is -1.62. The van der Waals surface area contributed by atoms with Gasteiger partial charge in [0, 0.05) is 19.3 Å². The maximum absolute atomic E-state index is 11.1. The molecule has 0 bridgehead atoms. The van der Waals surface area contributed by atoms with Crippen LogP contribution in [0, 0.1) is 0 Å². The summed E-state index contributed by atoms with van der Waals surface area (Å²) in [5.41, 5.74) is 6.44. The lowest BCUT2D eigenvalue weighted by Gasteiger charge is -2.22. The maximum Gasteiger partial charge on any atom is 0.236 e. The molecular formula is C15H26N4O. The van der Waals surface area contributed by atoms with E-state index >= 15 is 0 Å². The number of primary amides is 1. The molecule has 0 aliphatic carbocycles. The molecule has 0 aromatic carbocycles. The quantitative estimate of drug-likeness (QED) is 0.639. The lowest BCUT2D eigenvalue weighted by molar-refractivity contribution is -0.116. The van der Waals surface area contributed by atoms with Crippen molar-refractivity contribution in [3.8, 4) is 0 Å². The summed E-state index contributed by atoms with van der Waals surface area (Å²) < 4.78 is 0. The Bertz CT molecular complexity index is 391. The fourth-order valence-corrected chi connectivity index (χ4v) is 1.93. The summed E-state index contributed by atoms with van der Waals surface area (Å²) in [5, 5.41) is 3.34. The number of hydrogen-bond acceptors (Lipinski definition) is 4. The van der Waals surface area contributed by atoms with Crippen molar-refractivity contribution >= 4 is 11.7 Å². The van der Waals surface area contributed by atoms with Crippen molar-refractivity contribution in [1.29, 1.82) is 0 Å². The second kappa shape index (κ2) is 9.31. The van der Waals surface area contributed by atoms with Gasteiger partial charge in [-0.05, 0) is 31.0 Å². The molecule has 5 nitrogen and oxygen atoms in total. The van der Waals surface area contributed by atoms with Crippen molar-refractivity contribution in [2.24, 2.45) is 5.73 Å². The van der Waals surface area contributed by atoms with E-state index in [2.05, 4.69) is 24.1 Å². The second-order valence-electron chi connectivity index (χ2n) is 4.94. The average Bonchev–Trinajstić information content (AvgIpc) is 2.44. The summed E-state index contributed by atoms with van der Waals surface area (Å²) >= 11 is 0. The zero-order valence-corrected chi connectivity index (χ0v) is 12.6. The predicted molar refractivity (Wildman–Crippen MR) is 82.6 cm³/mol. The van der Waals surface area contributed by atoms with Gasteiger partial charge in [0.1, 0.15) is 5.82 Å². The Balaban J connectivity index is 2.63. The molecule has 0 saturated carbocycles. The zero-order valence-electron chi connectivity index (χ0n) is 12.6. The molecule has 0 aliphatic rings. The number of amides is 1. The number of nitrogens with two attached hydrogens (primary N) is 1. The van der Waals surface area contributed by atoms with Crippen LogP contribution in [0.3, 0.4) is 0 Å². The van der Waals surface area contributed by atoms with Gasteiger partial charge in [-0.3, -0.25) is 4.79 Å². The van der Waals surface area contributed by atoms with Crippen LogP contribution in [0.2, 0.25) is 0 Å². The van der Waals surface area contributed by atoms with Crippen LogP contribution >= 0.6 is 0 Å². The lowest BCUT2D eigenvalue weighted by atomic mass is 10.2. The van der Waals surface area contributed by atoms with E-state index in [-0.39, 0.29) is 12.5 Å². The highest BCUT2D eigenvalue weighted by atomic mass is 16.1. The number of pyridine rings is 1. The molecule has 1 aromatic rings. The molecule has 112 valence electrons. The van der Waals surface area contributed by atoms with Crippen LogP contribution in [0.5, 0.6) is 0 Å². The van der Waals surface area contributed by atoms with Gasteiger partial charge < -0.3 is 16.0 Å².